The van der Waals surface area contributed by atoms with Gasteiger partial charge in [0.2, 0.25) is 5.88 Å². The second-order valence-electron chi connectivity index (χ2n) is 3.03. The Hall–Kier alpha value is -1.78. The molecule has 0 unspecified atom stereocenters. The third kappa shape index (κ3) is 1.86. The molecular formula is C10H12N2O3. The van der Waals surface area contributed by atoms with Gasteiger partial charge in [0.1, 0.15) is 12.3 Å². The van der Waals surface area contributed by atoms with Crippen molar-refractivity contribution in [2.24, 2.45) is 0 Å². The van der Waals surface area contributed by atoms with Crippen LogP contribution in [0.2, 0.25) is 0 Å². The SMILES string of the molecule is CCOC(=O)N1CCOc2ncccc21. The molecule has 1 aromatic rings. The molecule has 5 heteroatoms. The zero-order valence-corrected chi connectivity index (χ0v) is 8.47. The Balaban J connectivity index is 2.25. The number of fused-ring (bicyclic) bond motifs is 1. The lowest BCUT2D eigenvalue weighted by Crippen LogP contribution is -2.38. The van der Waals surface area contributed by atoms with Gasteiger partial charge in [-0.2, -0.15) is 0 Å². The van der Waals surface area contributed by atoms with Gasteiger partial charge in [0, 0.05) is 6.20 Å². The van der Waals surface area contributed by atoms with Gasteiger partial charge in [0.25, 0.3) is 0 Å². The number of hydrogen-bond donors (Lipinski definition) is 0. The van der Waals surface area contributed by atoms with Crippen molar-refractivity contribution in [3.8, 4) is 5.88 Å². The van der Waals surface area contributed by atoms with Gasteiger partial charge in [-0.25, -0.2) is 9.78 Å². The predicted molar refractivity (Wildman–Crippen MR) is 54.1 cm³/mol. The first-order valence-electron chi connectivity index (χ1n) is 4.85. The van der Waals surface area contributed by atoms with E-state index in [1.165, 1.54) is 4.90 Å². The van der Waals surface area contributed by atoms with Crippen molar-refractivity contribution in [2.45, 2.75) is 6.92 Å². The van der Waals surface area contributed by atoms with Crippen LogP contribution in [-0.2, 0) is 4.74 Å². The van der Waals surface area contributed by atoms with Crippen LogP contribution in [-0.4, -0.2) is 30.8 Å². The molecule has 5 nitrogen and oxygen atoms in total. The Bertz CT molecular complexity index is 367. The highest BCUT2D eigenvalue weighted by Crippen LogP contribution is 2.28. The lowest BCUT2D eigenvalue weighted by molar-refractivity contribution is 0.156. The molecule has 0 aromatic carbocycles. The Morgan fingerprint density at radius 3 is 3.40 bits per heavy atom. The van der Waals surface area contributed by atoms with Gasteiger partial charge in [-0.05, 0) is 19.1 Å². The highest BCUT2D eigenvalue weighted by Gasteiger charge is 2.24. The van der Waals surface area contributed by atoms with Crippen LogP contribution in [0.1, 0.15) is 6.92 Å². The maximum absolute atomic E-state index is 11.6. The fourth-order valence-electron chi connectivity index (χ4n) is 1.44. The largest absolute Gasteiger partial charge is 0.474 e. The summed E-state index contributed by atoms with van der Waals surface area (Å²) in [7, 11) is 0. The molecule has 0 N–H and O–H groups in total. The Labute approximate surface area is 87.6 Å². The van der Waals surface area contributed by atoms with E-state index in [0.29, 0.717) is 31.3 Å². The summed E-state index contributed by atoms with van der Waals surface area (Å²) in [5, 5.41) is 0. The molecule has 0 saturated heterocycles. The molecule has 1 amide bonds. The summed E-state index contributed by atoms with van der Waals surface area (Å²) in [6, 6.07) is 3.55. The number of ether oxygens (including phenoxy) is 2. The number of anilines is 1. The van der Waals surface area contributed by atoms with E-state index >= 15 is 0 Å². The average Bonchev–Trinajstić information content (AvgIpc) is 2.28. The van der Waals surface area contributed by atoms with Crippen LogP contribution in [0.4, 0.5) is 10.5 Å². The van der Waals surface area contributed by atoms with Crippen LogP contribution >= 0.6 is 0 Å². The van der Waals surface area contributed by atoms with E-state index in [1.807, 2.05) is 0 Å². The standard InChI is InChI=1S/C10H12N2O3/c1-2-14-10(13)12-6-7-15-9-8(12)4-3-5-11-9/h3-5H,2,6-7H2,1H3. The normalized spacial score (nSPS) is 14.1. The van der Waals surface area contributed by atoms with Gasteiger partial charge < -0.3 is 9.47 Å². The summed E-state index contributed by atoms with van der Waals surface area (Å²) >= 11 is 0. The van der Waals surface area contributed by atoms with E-state index < -0.39 is 0 Å². The van der Waals surface area contributed by atoms with Gasteiger partial charge >= 0.3 is 6.09 Å². The van der Waals surface area contributed by atoms with E-state index in [2.05, 4.69) is 4.98 Å². The number of nitrogens with zero attached hydrogens (tertiary/aromatic N) is 2. The van der Waals surface area contributed by atoms with Crippen LogP contribution in [0.3, 0.4) is 0 Å². The zero-order valence-electron chi connectivity index (χ0n) is 8.47. The molecule has 0 saturated carbocycles. The summed E-state index contributed by atoms with van der Waals surface area (Å²) in [5.41, 5.74) is 0.669. The predicted octanol–water partition coefficient (Wildman–Crippen LogP) is 1.44. The van der Waals surface area contributed by atoms with E-state index in [0.717, 1.165) is 0 Å². The van der Waals surface area contributed by atoms with Crippen molar-refractivity contribution in [2.75, 3.05) is 24.7 Å². The fourth-order valence-corrected chi connectivity index (χ4v) is 1.44. The minimum Gasteiger partial charge on any atom is -0.474 e. The van der Waals surface area contributed by atoms with Crippen molar-refractivity contribution in [1.82, 2.24) is 4.98 Å². The molecule has 1 aliphatic heterocycles. The average molecular weight is 208 g/mol. The molecule has 2 heterocycles. The van der Waals surface area contributed by atoms with Gasteiger partial charge in [0.15, 0.2) is 0 Å². The number of aromatic nitrogens is 1. The number of pyridine rings is 1. The quantitative estimate of drug-likeness (QED) is 0.700. The summed E-state index contributed by atoms with van der Waals surface area (Å²) in [5.74, 6) is 0.483. The molecule has 0 fully saturated rings. The molecule has 80 valence electrons. The fraction of sp³-hybridized carbons (Fsp3) is 0.400. The van der Waals surface area contributed by atoms with Crippen molar-refractivity contribution < 1.29 is 14.3 Å². The lowest BCUT2D eigenvalue weighted by atomic mass is 10.3. The van der Waals surface area contributed by atoms with Gasteiger partial charge in [-0.15, -0.1) is 0 Å². The summed E-state index contributed by atoms with van der Waals surface area (Å²) < 4.78 is 10.3. The number of hydrogen-bond acceptors (Lipinski definition) is 4. The Morgan fingerprint density at radius 2 is 2.60 bits per heavy atom. The molecule has 1 aliphatic rings. The topological polar surface area (TPSA) is 51.7 Å². The van der Waals surface area contributed by atoms with Crippen LogP contribution in [0.15, 0.2) is 18.3 Å². The van der Waals surface area contributed by atoms with E-state index in [9.17, 15) is 4.79 Å². The molecule has 0 radical (unpaired) electrons. The third-order valence-corrected chi connectivity index (χ3v) is 2.08. The molecule has 15 heavy (non-hydrogen) atoms. The Kier molecular flexibility index (Phi) is 2.71. The number of carbonyl (C=O) groups is 1. The molecule has 1 aromatic heterocycles. The first kappa shape index (κ1) is 9.76. The number of rotatable bonds is 1. The van der Waals surface area contributed by atoms with Crippen molar-refractivity contribution >= 4 is 11.8 Å². The molecule has 0 bridgehead atoms. The molecule has 0 aliphatic carbocycles. The monoisotopic (exact) mass is 208 g/mol. The molecular weight excluding hydrogens is 196 g/mol. The maximum atomic E-state index is 11.6. The van der Waals surface area contributed by atoms with E-state index in [1.54, 1.807) is 25.3 Å². The smallest absolute Gasteiger partial charge is 0.414 e. The minimum atomic E-state index is -0.352. The minimum absolute atomic E-state index is 0.352. The van der Waals surface area contributed by atoms with Gasteiger partial charge in [-0.3, -0.25) is 4.90 Å². The molecule has 0 atom stereocenters. The zero-order chi connectivity index (χ0) is 10.7. The second kappa shape index (κ2) is 4.16. The number of amides is 1. The number of carbonyl (C=O) groups excluding carboxylic acids is 1. The van der Waals surface area contributed by atoms with Crippen LogP contribution < -0.4 is 9.64 Å². The van der Waals surface area contributed by atoms with E-state index in [-0.39, 0.29) is 6.09 Å². The molecule has 2 rings (SSSR count). The molecule has 0 spiro atoms. The van der Waals surface area contributed by atoms with Gasteiger partial charge in [-0.1, -0.05) is 0 Å². The lowest BCUT2D eigenvalue weighted by Gasteiger charge is -2.27. The van der Waals surface area contributed by atoms with Crippen LogP contribution in [0, 0.1) is 0 Å². The highest BCUT2D eigenvalue weighted by atomic mass is 16.6. The second-order valence-corrected chi connectivity index (χ2v) is 3.03. The highest BCUT2D eigenvalue weighted by molar-refractivity contribution is 5.89. The summed E-state index contributed by atoms with van der Waals surface area (Å²) in [6.45, 7) is 3.09. The van der Waals surface area contributed by atoms with Crippen LogP contribution in [0.5, 0.6) is 5.88 Å². The van der Waals surface area contributed by atoms with Crippen molar-refractivity contribution in [3.63, 3.8) is 0 Å². The maximum Gasteiger partial charge on any atom is 0.414 e. The summed E-state index contributed by atoms with van der Waals surface area (Å²) in [4.78, 5) is 17.2. The Morgan fingerprint density at radius 1 is 1.73 bits per heavy atom. The van der Waals surface area contributed by atoms with Crippen LogP contribution in [0.25, 0.3) is 0 Å². The van der Waals surface area contributed by atoms with Crippen molar-refractivity contribution in [1.29, 1.82) is 0 Å². The first-order chi connectivity index (χ1) is 7.33. The first-order valence-corrected chi connectivity index (χ1v) is 4.85. The third-order valence-electron chi connectivity index (χ3n) is 2.08. The summed E-state index contributed by atoms with van der Waals surface area (Å²) in [6.07, 6.45) is 1.28. The van der Waals surface area contributed by atoms with Gasteiger partial charge in [0.05, 0.1) is 13.2 Å². The van der Waals surface area contributed by atoms with E-state index in [4.69, 9.17) is 9.47 Å². The van der Waals surface area contributed by atoms with Crippen molar-refractivity contribution in [3.05, 3.63) is 18.3 Å².